The van der Waals surface area contributed by atoms with Crippen molar-refractivity contribution < 1.29 is 0 Å². The smallest absolute Gasteiger partial charge is 0.0769 e. The normalized spacial score (nSPS) is 11.3. The van der Waals surface area contributed by atoms with E-state index in [9.17, 15) is 5.26 Å². The minimum Gasteiger partial charge on any atom is -0.265 e. The van der Waals surface area contributed by atoms with Gasteiger partial charge < -0.3 is 0 Å². The average Bonchev–Trinajstić information content (AvgIpc) is 2.68. The number of aromatic nitrogens is 2. The number of rotatable bonds is 3. The number of benzene rings is 1. The molecule has 0 N–H and O–H groups in total. The Morgan fingerprint density at radius 2 is 1.95 bits per heavy atom. The first-order valence-electron chi connectivity index (χ1n) is 6.45. The number of nitrogens with zero attached hydrogens (tertiary/aromatic N) is 3. The summed E-state index contributed by atoms with van der Waals surface area (Å²) in [7, 11) is 0. The maximum Gasteiger partial charge on any atom is 0.0769 e. The first kappa shape index (κ1) is 13.4. The van der Waals surface area contributed by atoms with Crippen molar-refractivity contribution >= 4 is 0 Å². The van der Waals surface area contributed by atoms with E-state index in [1.807, 2.05) is 43.7 Å². The van der Waals surface area contributed by atoms with Crippen LogP contribution in [0.3, 0.4) is 0 Å². The predicted octanol–water partition coefficient (Wildman–Crippen LogP) is 3.35. The number of hydrogen-bond acceptors (Lipinski definition) is 2. The fraction of sp³-hybridized carbons (Fsp3) is 0.375. The number of hydrogen-bond donors (Lipinski definition) is 0. The second-order valence-electron chi connectivity index (χ2n) is 5.48. The van der Waals surface area contributed by atoms with Gasteiger partial charge in [-0.05, 0) is 44.9 Å². The standard InChI is InChI=1S/C16H19N3/c1-12-9-13(2)19(18-12)10-14-7-5-6-8-15(14)16(3,4)11-17/h5-9H,10H2,1-4H3. The van der Waals surface area contributed by atoms with Crippen LogP contribution in [0.25, 0.3) is 0 Å². The Balaban J connectivity index is 2.42. The Bertz CT molecular complexity index is 630. The Labute approximate surface area is 114 Å². The van der Waals surface area contributed by atoms with E-state index in [0.717, 1.165) is 22.5 Å². The van der Waals surface area contributed by atoms with Crippen LogP contribution >= 0.6 is 0 Å². The minimum absolute atomic E-state index is 0.479. The summed E-state index contributed by atoms with van der Waals surface area (Å²) in [6, 6.07) is 12.5. The molecule has 1 aromatic heterocycles. The molecule has 19 heavy (non-hydrogen) atoms. The van der Waals surface area contributed by atoms with E-state index >= 15 is 0 Å². The first-order valence-corrected chi connectivity index (χ1v) is 6.45. The van der Waals surface area contributed by atoms with Crippen LogP contribution in [0.4, 0.5) is 0 Å². The van der Waals surface area contributed by atoms with E-state index in [2.05, 4.69) is 30.2 Å². The van der Waals surface area contributed by atoms with Crippen LogP contribution in [0.1, 0.15) is 36.4 Å². The van der Waals surface area contributed by atoms with Gasteiger partial charge in [-0.25, -0.2) is 0 Å². The van der Waals surface area contributed by atoms with Gasteiger partial charge in [-0.1, -0.05) is 24.3 Å². The van der Waals surface area contributed by atoms with Gasteiger partial charge in [0.05, 0.1) is 23.7 Å². The lowest BCUT2D eigenvalue weighted by Gasteiger charge is -2.20. The van der Waals surface area contributed by atoms with Crippen molar-refractivity contribution in [2.45, 2.75) is 39.7 Å². The zero-order chi connectivity index (χ0) is 14.0. The molecule has 0 amide bonds. The van der Waals surface area contributed by atoms with Crippen molar-refractivity contribution in [3.63, 3.8) is 0 Å². The lowest BCUT2D eigenvalue weighted by molar-refractivity contribution is 0.625. The molecule has 0 atom stereocenters. The van der Waals surface area contributed by atoms with Crippen molar-refractivity contribution in [1.82, 2.24) is 9.78 Å². The van der Waals surface area contributed by atoms with E-state index < -0.39 is 5.41 Å². The maximum atomic E-state index is 9.32. The fourth-order valence-electron chi connectivity index (χ4n) is 2.32. The van der Waals surface area contributed by atoms with Crippen molar-refractivity contribution in [2.24, 2.45) is 0 Å². The van der Waals surface area contributed by atoms with Crippen LogP contribution in [0, 0.1) is 25.2 Å². The molecule has 0 radical (unpaired) electrons. The van der Waals surface area contributed by atoms with Gasteiger partial charge in [0.15, 0.2) is 0 Å². The van der Waals surface area contributed by atoms with E-state index in [0.29, 0.717) is 6.54 Å². The molecule has 2 rings (SSSR count). The molecule has 0 aliphatic rings. The average molecular weight is 253 g/mol. The van der Waals surface area contributed by atoms with Gasteiger partial charge in [0, 0.05) is 5.69 Å². The first-order chi connectivity index (χ1) is 8.94. The van der Waals surface area contributed by atoms with Crippen LogP contribution in [0.2, 0.25) is 0 Å². The van der Waals surface area contributed by atoms with Crippen LogP contribution < -0.4 is 0 Å². The van der Waals surface area contributed by atoms with E-state index in [1.54, 1.807) is 0 Å². The molecule has 0 saturated heterocycles. The maximum absolute atomic E-state index is 9.32. The summed E-state index contributed by atoms with van der Waals surface area (Å²) in [6.45, 7) is 8.66. The molecule has 3 nitrogen and oxygen atoms in total. The molecular formula is C16H19N3. The molecule has 2 aromatic rings. The zero-order valence-corrected chi connectivity index (χ0v) is 11.9. The van der Waals surface area contributed by atoms with Gasteiger partial charge >= 0.3 is 0 Å². The quantitative estimate of drug-likeness (QED) is 0.841. The van der Waals surface area contributed by atoms with Crippen molar-refractivity contribution in [3.8, 4) is 6.07 Å². The molecule has 98 valence electrons. The van der Waals surface area contributed by atoms with Gasteiger partial charge in [0.1, 0.15) is 0 Å². The molecule has 3 heteroatoms. The molecule has 0 aliphatic carbocycles. The highest BCUT2D eigenvalue weighted by molar-refractivity contribution is 5.38. The highest BCUT2D eigenvalue weighted by Gasteiger charge is 2.22. The second-order valence-corrected chi connectivity index (χ2v) is 5.48. The molecule has 0 fully saturated rings. The lowest BCUT2D eigenvalue weighted by Crippen LogP contribution is -2.18. The third kappa shape index (κ3) is 2.68. The summed E-state index contributed by atoms with van der Waals surface area (Å²) in [4.78, 5) is 0. The number of nitriles is 1. The lowest BCUT2D eigenvalue weighted by atomic mass is 9.83. The summed E-state index contributed by atoms with van der Waals surface area (Å²) in [5.74, 6) is 0. The molecule has 0 bridgehead atoms. The largest absolute Gasteiger partial charge is 0.265 e. The Morgan fingerprint density at radius 3 is 2.53 bits per heavy atom. The zero-order valence-electron chi connectivity index (χ0n) is 11.9. The predicted molar refractivity (Wildman–Crippen MR) is 75.9 cm³/mol. The topological polar surface area (TPSA) is 41.6 Å². The van der Waals surface area contributed by atoms with Crippen molar-refractivity contribution in [2.75, 3.05) is 0 Å². The highest BCUT2D eigenvalue weighted by Crippen LogP contribution is 2.26. The van der Waals surface area contributed by atoms with E-state index in [-0.39, 0.29) is 0 Å². The number of aryl methyl sites for hydroxylation is 2. The van der Waals surface area contributed by atoms with Gasteiger partial charge in [0.25, 0.3) is 0 Å². The Morgan fingerprint density at radius 1 is 1.26 bits per heavy atom. The highest BCUT2D eigenvalue weighted by atomic mass is 15.3. The second kappa shape index (κ2) is 4.89. The van der Waals surface area contributed by atoms with Gasteiger partial charge in [-0.3, -0.25) is 4.68 Å². The van der Waals surface area contributed by atoms with Crippen LogP contribution in [-0.2, 0) is 12.0 Å². The summed E-state index contributed by atoms with van der Waals surface area (Å²) < 4.78 is 1.99. The summed E-state index contributed by atoms with van der Waals surface area (Å²) in [5.41, 5.74) is 3.91. The molecule has 0 aliphatic heterocycles. The molecule has 0 saturated carbocycles. The SMILES string of the molecule is Cc1cc(C)n(Cc2ccccc2C(C)(C)C#N)n1. The monoisotopic (exact) mass is 253 g/mol. The van der Waals surface area contributed by atoms with Crippen LogP contribution in [0.5, 0.6) is 0 Å². The van der Waals surface area contributed by atoms with E-state index in [4.69, 9.17) is 0 Å². The van der Waals surface area contributed by atoms with E-state index in [1.165, 1.54) is 0 Å². The third-order valence-corrected chi connectivity index (χ3v) is 3.39. The van der Waals surface area contributed by atoms with Gasteiger partial charge in [-0.15, -0.1) is 0 Å². The van der Waals surface area contributed by atoms with Crippen LogP contribution in [0.15, 0.2) is 30.3 Å². The summed E-state index contributed by atoms with van der Waals surface area (Å²) >= 11 is 0. The molecule has 1 aromatic carbocycles. The van der Waals surface area contributed by atoms with Gasteiger partial charge in [-0.2, -0.15) is 10.4 Å². The van der Waals surface area contributed by atoms with Crippen LogP contribution in [-0.4, -0.2) is 9.78 Å². The third-order valence-electron chi connectivity index (χ3n) is 3.39. The Kier molecular flexibility index (Phi) is 3.44. The molecule has 0 spiro atoms. The van der Waals surface area contributed by atoms with Crippen molar-refractivity contribution in [3.05, 3.63) is 52.8 Å². The molecular weight excluding hydrogens is 234 g/mol. The Hall–Kier alpha value is -2.08. The summed E-state index contributed by atoms with van der Waals surface area (Å²) in [6.07, 6.45) is 0. The molecule has 0 unspecified atom stereocenters. The molecule has 1 heterocycles. The minimum atomic E-state index is -0.479. The fourth-order valence-corrected chi connectivity index (χ4v) is 2.32. The van der Waals surface area contributed by atoms with Gasteiger partial charge in [0.2, 0.25) is 0 Å². The summed E-state index contributed by atoms with van der Waals surface area (Å²) in [5, 5.41) is 13.8. The van der Waals surface area contributed by atoms with Crippen molar-refractivity contribution in [1.29, 1.82) is 5.26 Å².